The highest BCUT2D eigenvalue weighted by Gasteiger charge is 2.16. The summed E-state index contributed by atoms with van der Waals surface area (Å²) in [6.45, 7) is 0. The van der Waals surface area contributed by atoms with Gasteiger partial charge in [-0.3, -0.25) is 14.9 Å². The molecule has 2 amide bonds. The molecular weight excluding hydrogens is 446 g/mol. The highest BCUT2D eigenvalue weighted by atomic mass is 16.4. The summed E-state index contributed by atoms with van der Waals surface area (Å²) in [5.41, 5.74) is 3.44. The van der Waals surface area contributed by atoms with Crippen LogP contribution in [0.25, 0.3) is 16.8 Å². The maximum absolute atomic E-state index is 12.8. The van der Waals surface area contributed by atoms with Gasteiger partial charge in [-0.2, -0.15) is 5.26 Å². The molecule has 9 heteroatoms. The first kappa shape index (κ1) is 22.9. The minimum Gasteiger partial charge on any atom is -0.465 e. The normalized spacial score (nSPS) is 10.3. The van der Waals surface area contributed by atoms with Gasteiger partial charge in [0.25, 0.3) is 0 Å². The monoisotopic (exact) mass is 465 g/mol. The second-order valence-corrected chi connectivity index (χ2v) is 7.55. The van der Waals surface area contributed by atoms with Crippen molar-refractivity contribution in [3.05, 3.63) is 96.6 Å². The van der Waals surface area contributed by atoms with Crippen LogP contribution in [0.4, 0.5) is 16.2 Å². The van der Waals surface area contributed by atoms with Gasteiger partial charge in [0.15, 0.2) is 5.78 Å². The molecule has 0 radical (unpaired) electrons. The number of benzene rings is 3. The van der Waals surface area contributed by atoms with Crippen molar-refractivity contribution in [1.82, 2.24) is 9.55 Å². The summed E-state index contributed by atoms with van der Waals surface area (Å²) in [6.07, 6.45) is 3.25. The summed E-state index contributed by atoms with van der Waals surface area (Å²) in [5, 5.41) is 23.0. The summed E-state index contributed by atoms with van der Waals surface area (Å²) in [6, 6.07) is 20.5. The maximum atomic E-state index is 12.8. The number of nitrogens with one attached hydrogen (secondary N) is 2. The van der Waals surface area contributed by atoms with Crippen molar-refractivity contribution in [3.63, 3.8) is 0 Å². The van der Waals surface area contributed by atoms with Crippen LogP contribution in [-0.4, -0.2) is 32.4 Å². The summed E-state index contributed by atoms with van der Waals surface area (Å²) >= 11 is 0. The van der Waals surface area contributed by atoms with Crippen molar-refractivity contribution in [2.24, 2.45) is 0 Å². The van der Waals surface area contributed by atoms with E-state index in [4.69, 9.17) is 10.4 Å². The van der Waals surface area contributed by atoms with Gasteiger partial charge in [-0.1, -0.05) is 30.3 Å². The Morgan fingerprint density at radius 1 is 0.943 bits per heavy atom. The SMILES string of the molecule is N#Cc1ccc(-c2ccc(NC(=O)O)c(NC(=O)CC(=O)c3cccc(-n4ccnc4)c3)c2)cc1. The number of carboxylic acid groups (broad SMARTS) is 1. The molecule has 4 aromatic rings. The van der Waals surface area contributed by atoms with Crippen molar-refractivity contribution in [3.8, 4) is 22.9 Å². The molecule has 3 aromatic carbocycles. The Bertz CT molecular complexity index is 1440. The predicted molar refractivity (Wildman–Crippen MR) is 129 cm³/mol. The van der Waals surface area contributed by atoms with Gasteiger partial charge in [0.1, 0.15) is 0 Å². The second-order valence-electron chi connectivity index (χ2n) is 7.55. The quantitative estimate of drug-likeness (QED) is 0.267. The summed E-state index contributed by atoms with van der Waals surface area (Å²) < 4.78 is 1.75. The van der Waals surface area contributed by atoms with Gasteiger partial charge >= 0.3 is 6.09 Å². The molecule has 0 unspecified atom stereocenters. The Morgan fingerprint density at radius 3 is 2.40 bits per heavy atom. The fourth-order valence-corrected chi connectivity index (χ4v) is 3.48. The smallest absolute Gasteiger partial charge is 0.409 e. The molecule has 0 aliphatic heterocycles. The first-order valence-corrected chi connectivity index (χ1v) is 10.5. The van der Waals surface area contributed by atoms with E-state index in [0.29, 0.717) is 16.7 Å². The number of Topliss-reactive ketones (excluding diaryl/α,β-unsaturated/α-hetero) is 1. The minimum atomic E-state index is -1.29. The zero-order valence-corrected chi connectivity index (χ0v) is 18.3. The number of nitrogens with zero attached hydrogens (tertiary/aromatic N) is 3. The molecular formula is C26H19N5O4. The lowest BCUT2D eigenvalue weighted by atomic mass is 10.0. The number of amides is 2. The van der Waals surface area contributed by atoms with E-state index in [1.165, 1.54) is 6.07 Å². The lowest BCUT2D eigenvalue weighted by Crippen LogP contribution is -2.18. The summed E-state index contributed by atoms with van der Waals surface area (Å²) in [4.78, 5) is 40.7. The third-order valence-electron chi connectivity index (χ3n) is 5.17. The molecule has 9 nitrogen and oxygen atoms in total. The third-order valence-corrected chi connectivity index (χ3v) is 5.17. The molecule has 1 aromatic heterocycles. The van der Waals surface area contributed by atoms with E-state index < -0.39 is 18.4 Å². The molecule has 4 rings (SSSR count). The number of carbonyl (C=O) groups excluding carboxylic acids is 2. The first-order chi connectivity index (χ1) is 16.9. The van der Waals surface area contributed by atoms with E-state index in [1.54, 1.807) is 77.9 Å². The number of rotatable bonds is 7. The highest BCUT2D eigenvalue weighted by Crippen LogP contribution is 2.30. The van der Waals surface area contributed by atoms with Gasteiger partial charge in [0, 0.05) is 23.6 Å². The number of hydrogen-bond donors (Lipinski definition) is 3. The molecule has 0 bridgehead atoms. The minimum absolute atomic E-state index is 0.165. The Labute approximate surface area is 200 Å². The summed E-state index contributed by atoms with van der Waals surface area (Å²) in [7, 11) is 0. The van der Waals surface area contributed by atoms with Crippen LogP contribution in [-0.2, 0) is 4.79 Å². The Kier molecular flexibility index (Phi) is 6.65. The van der Waals surface area contributed by atoms with Crippen LogP contribution in [0.2, 0.25) is 0 Å². The molecule has 0 atom stereocenters. The Hall–Kier alpha value is -5.23. The number of carbonyl (C=O) groups is 3. The fraction of sp³-hybridized carbons (Fsp3) is 0.0385. The zero-order chi connectivity index (χ0) is 24.8. The van der Waals surface area contributed by atoms with Crippen molar-refractivity contribution >= 4 is 29.2 Å². The van der Waals surface area contributed by atoms with E-state index in [9.17, 15) is 14.4 Å². The van der Waals surface area contributed by atoms with Crippen LogP contribution in [0.5, 0.6) is 0 Å². The maximum Gasteiger partial charge on any atom is 0.409 e. The van der Waals surface area contributed by atoms with Crippen molar-refractivity contribution in [1.29, 1.82) is 5.26 Å². The predicted octanol–water partition coefficient (Wildman–Crippen LogP) is 4.71. The molecule has 3 N–H and O–H groups in total. The van der Waals surface area contributed by atoms with Crippen LogP contribution in [0.1, 0.15) is 22.3 Å². The van der Waals surface area contributed by atoms with Gasteiger partial charge in [-0.15, -0.1) is 0 Å². The van der Waals surface area contributed by atoms with Gasteiger partial charge < -0.3 is 15.0 Å². The van der Waals surface area contributed by atoms with Crippen molar-refractivity contribution in [2.75, 3.05) is 10.6 Å². The Balaban J connectivity index is 1.54. The molecule has 172 valence electrons. The zero-order valence-electron chi connectivity index (χ0n) is 18.3. The van der Waals surface area contributed by atoms with Crippen LogP contribution >= 0.6 is 0 Å². The number of aromatic nitrogens is 2. The lowest BCUT2D eigenvalue weighted by Gasteiger charge is -2.13. The van der Waals surface area contributed by atoms with Crippen LogP contribution < -0.4 is 10.6 Å². The Morgan fingerprint density at radius 2 is 1.71 bits per heavy atom. The molecule has 0 aliphatic carbocycles. The van der Waals surface area contributed by atoms with Gasteiger partial charge in [-0.05, 0) is 47.5 Å². The highest BCUT2D eigenvalue weighted by molar-refractivity contribution is 6.12. The number of anilines is 2. The molecule has 0 saturated heterocycles. The average molecular weight is 465 g/mol. The molecule has 0 spiro atoms. The van der Waals surface area contributed by atoms with Gasteiger partial charge in [0.2, 0.25) is 5.91 Å². The molecule has 0 aliphatic rings. The van der Waals surface area contributed by atoms with Crippen LogP contribution in [0.3, 0.4) is 0 Å². The largest absolute Gasteiger partial charge is 0.465 e. The van der Waals surface area contributed by atoms with Crippen molar-refractivity contribution < 1.29 is 19.5 Å². The fourth-order valence-electron chi connectivity index (χ4n) is 3.48. The van der Waals surface area contributed by atoms with Crippen molar-refractivity contribution in [2.45, 2.75) is 6.42 Å². The molecule has 1 heterocycles. The number of nitriles is 1. The topological polar surface area (TPSA) is 137 Å². The van der Waals surface area contributed by atoms with E-state index >= 15 is 0 Å². The number of hydrogen-bond acceptors (Lipinski definition) is 5. The van der Waals surface area contributed by atoms with Gasteiger partial charge in [-0.25, -0.2) is 9.78 Å². The average Bonchev–Trinajstić information content (AvgIpc) is 3.40. The molecule has 0 fully saturated rings. The van der Waals surface area contributed by atoms with Gasteiger partial charge in [0.05, 0.1) is 35.8 Å². The summed E-state index contributed by atoms with van der Waals surface area (Å²) in [5.74, 6) is -0.978. The number of imidazole rings is 1. The van der Waals surface area contributed by atoms with Crippen LogP contribution in [0, 0.1) is 11.3 Å². The molecule has 0 saturated carbocycles. The molecule has 35 heavy (non-hydrogen) atoms. The second kappa shape index (κ2) is 10.1. The van der Waals surface area contributed by atoms with E-state index in [0.717, 1.165) is 11.3 Å². The van der Waals surface area contributed by atoms with E-state index in [1.807, 2.05) is 12.1 Å². The lowest BCUT2D eigenvalue weighted by molar-refractivity contribution is -0.115. The van der Waals surface area contributed by atoms with E-state index in [-0.39, 0.29) is 17.2 Å². The number of ketones is 1. The van der Waals surface area contributed by atoms with Crippen LogP contribution in [0.15, 0.2) is 85.5 Å². The van der Waals surface area contributed by atoms with E-state index in [2.05, 4.69) is 15.6 Å². The third kappa shape index (κ3) is 5.58. The standard InChI is InChI=1S/C26H19N5O4/c27-15-17-4-6-18(7-5-17)19-8-9-22(30-26(34)35)23(13-19)29-25(33)14-24(32)20-2-1-3-21(12-20)31-11-10-28-16-31/h1-13,16,30H,14H2,(H,29,33)(H,34,35). The first-order valence-electron chi connectivity index (χ1n) is 10.5.